The van der Waals surface area contributed by atoms with E-state index in [0.29, 0.717) is 5.75 Å². The van der Waals surface area contributed by atoms with Gasteiger partial charge in [-0.2, -0.15) is 0 Å². The molecule has 2 bridgehead atoms. The highest BCUT2D eigenvalue weighted by Gasteiger charge is 2.28. The van der Waals surface area contributed by atoms with Crippen molar-refractivity contribution in [3.05, 3.63) is 36.0 Å². The van der Waals surface area contributed by atoms with Gasteiger partial charge in [-0.25, -0.2) is 4.21 Å². The molecule has 0 saturated heterocycles. The molecule has 1 N–H and O–H groups in total. The minimum Gasteiger partial charge on any atom is -0.390 e. The highest BCUT2D eigenvalue weighted by molar-refractivity contribution is 8.04. The molecule has 4 heteroatoms. The van der Waals surface area contributed by atoms with Crippen molar-refractivity contribution in [1.29, 1.82) is 0 Å². The number of benzene rings is 1. The van der Waals surface area contributed by atoms with Crippen LogP contribution in [0.25, 0.3) is 5.57 Å². The van der Waals surface area contributed by atoms with Crippen molar-refractivity contribution in [3.63, 3.8) is 0 Å². The highest BCUT2D eigenvalue weighted by Crippen LogP contribution is 2.29. The Morgan fingerprint density at radius 1 is 1.35 bits per heavy atom. The van der Waals surface area contributed by atoms with Crippen LogP contribution in [0.3, 0.4) is 0 Å². The Morgan fingerprint density at radius 3 is 2.85 bits per heavy atom. The lowest BCUT2D eigenvalue weighted by atomic mass is 10.0. The predicted molar refractivity (Wildman–Crippen MR) is 88.4 cm³/mol. The average Bonchev–Trinajstić information content (AvgIpc) is 3.30. The maximum absolute atomic E-state index is 13.3. The summed E-state index contributed by atoms with van der Waals surface area (Å²) in [5, 5.41) is 3.34. The monoisotopic (exact) mass is 290 g/mol. The molecule has 0 amide bonds. The lowest BCUT2D eigenvalue weighted by molar-refractivity contribution is 0.677. The van der Waals surface area contributed by atoms with Crippen molar-refractivity contribution in [2.45, 2.75) is 26.2 Å². The Balaban J connectivity index is 2.12. The predicted octanol–water partition coefficient (Wildman–Crippen LogP) is 2.64. The molecule has 0 spiro atoms. The number of fused-ring (bicyclic) bond motifs is 2. The van der Waals surface area contributed by atoms with E-state index in [4.69, 9.17) is 0 Å². The minimum atomic E-state index is -2.04. The molecular weight excluding hydrogens is 268 g/mol. The van der Waals surface area contributed by atoms with Gasteiger partial charge in [0.1, 0.15) is 0 Å². The van der Waals surface area contributed by atoms with Gasteiger partial charge in [0, 0.05) is 30.3 Å². The molecule has 1 aromatic carbocycles. The van der Waals surface area contributed by atoms with Crippen LogP contribution in [0.15, 0.2) is 30.5 Å². The van der Waals surface area contributed by atoms with E-state index >= 15 is 0 Å². The summed E-state index contributed by atoms with van der Waals surface area (Å²) < 4.78 is 15.3. The van der Waals surface area contributed by atoms with E-state index in [9.17, 15) is 4.21 Å². The first kappa shape index (κ1) is 13.6. The quantitative estimate of drug-likeness (QED) is 0.807. The fourth-order valence-corrected chi connectivity index (χ4v) is 5.24. The number of rotatable bonds is 1. The number of hydrogen-bond donors (Lipinski definition) is 1. The zero-order chi connectivity index (χ0) is 14.2. The van der Waals surface area contributed by atoms with Crippen LogP contribution in [0.5, 0.6) is 0 Å². The fourth-order valence-electron chi connectivity index (χ4n) is 2.70. The number of hydrogen-bond acceptors (Lipinski definition) is 2. The Bertz CT molecular complexity index is 663. The summed E-state index contributed by atoms with van der Waals surface area (Å²) in [5.74, 6) is 0.691. The van der Waals surface area contributed by atoms with Crippen molar-refractivity contribution in [1.82, 2.24) is 5.32 Å². The molecule has 20 heavy (non-hydrogen) atoms. The van der Waals surface area contributed by atoms with Crippen LogP contribution in [0, 0.1) is 0 Å². The van der Waals surface area contributed by atoms with Crippen LogP contribution in [0.1, 0.15) is 31.7 Å². The standard InChI is InChI=1S/C16H22N2OS/c1-3-13-12-17-9-10-20(19,16-7-8-16)18(2)15-6-4-5-14(13)11-15/h4-6,11-12,17H,3,7-10H2,1-2H3/b13-12-. The molecular formula is C16H22N2OS. The molecule has 1 aliphatic heterocycles. The second-order valence-corrected chi connectivity index (χ2v) is 8.22. The van der Waals surface area contributed by atoms with Gasteiger partial charge < -0.3 is 9.62 Å². The van der Waals surface area contributed by atoms with Gasteiger partial charge in [0.15, 0.2) is 0 Å². The zero-order valence-corrected chi connectivity index (χ0v) is 13.0. The van der Waals surface area contributed by atoms with E-state index < -0.39 is 9.71 Å². The second-order valence-electron chi connectivity index (χ2n) is 5.41. The van der Waals surface area contributed by atoms with Gasteiger partial charge in [0.2, 0.25) is 0 Å². The maximum Gasteiger partial charge on any atom is 0.0552 e. The Hall–Kier alpha value is -1.42. The molecule has 1 unspecified atom stereocenters. The minimum absolute atomic E-state index is 0.691. The summed E-state index contributed by atoms with van der Waals surface area (Å²) in [7, 11) is -0.0614. The highest BCUT2D eigenvalue weighted by atomic mass is 32.2. The van der Waals surface area contributed by atoms with Crippen molar-refractivity contribution in [2.24, 2.45) is 0 Å². The van der Waals surface area contributed by atoms with Crippen LogP contribution in [0.2, 0.25) is 0 Å². The molecule has 1 aromatic rings. The van der Waals surface area contributed by atoms with Crippen LogP contribution >= 0.6 is 0 Å². The summed E-state index contributed by atoms with van der Waals surface area (Å²) >= 11 is 0. The van der Waals surface area contributed by atoms with E-state index in [2.05, 4.69) is 42.7 Å². The lowest BCUT2D eigenvalue weighted by Gasteiger charge is -2.27. The van der Waals surface area contributed by atoms with Gasteiger partial charge in [-0.15, -0.1) is 0 Å². The Kier molecular flexibility index (Phi) is 3.50. The van der Waals surface area contributed by atoms with E-state index in [0.717, 1.165) is 31.5 Å². The Morgan fingerprint density at radius 2 is 2.15 bits per heavy atom. The van der Waals surface area contributed by atoms with Gasteiger partial charge in [-0.1, -0.05) is 19.1 Å². The fraction of sp³-hybridized carbons (Fsp3) is 0.438. The second kappa shape index (κ2) is 5.17. The number of anilines is 1. The van der Waals surface area contributed by atoms with Crippen molar-refractivity contribution in [2.75, 3.05) is 23.7 Å². The molecule has 0 radical (unpaired) electrons. The van der Waals surface area contributed by atoms with Crippen LogP contribution < -0.4 is 9.62 Å². The SMILES string of the molecule is CC/C1=C/NCCS(=O)(=C2CC2)N(C)c2cccc1c2. The molecule has 1 heterocycles. The first-order valence-corrected chi connectivity index (χ1v) is 8.97. The Labute approximate surface area is 121 Å². The smallest absolute Gasteiger partial charge is 0.0552 e. The van der Waals surface area contributed by atoms with Crippen molar-refractivity contribution in [3.8, 4) is 0 Å². The van der Waals surface area contributed by atoms with Gasteiger partial charge in [0.25, 0.3) is 0 Å². The molecule has 3 rings (SSSR count). The molecule has 0 aromatic heterocycles. The zero-order valence-electron chi connectivity index (χ0n) is 12.2. The lowest BCUT2D eigenvalue weighted by Crippen LogP contribution is -2.35. The van der Waals surface area contributed by atoms with Crippen LogP contribution in [0.4, 0.5) is 5.69 Å². The third-order valence-electron chi connectivity index (χ3n) is 4.11. The molecule has 1 aliphatic carbocycles. The van der Waals surface area contributed by atoms with Crippen LogP contribution in [-0.2, 0) is 9.71 Å². The molecule has 2 aliphatic rings. The van der Waals surface area contributed by atoms with Crippen molar-refractivity contribution >= 4 is 25.8 Å². The molecule has 1 saturated carbocycles. The summed E-state index contributed by atoms with van der Waals surface area (Å²) in [4.78, 5) is 1.23. The number of allylic oxidation sites excluding steroid dienone is 1. The topological polar surface area (TPSA) is 32.3 Å². The van der Waals surface area contributed by atoms with Gasteiger partial charge in [-0.3, -0.25) is 0 Å². The first-order chi connectivity index (χ1) is 9.65. The summed E-state index contributed by atoms with van der Waals surface area (Å²) in [6.07, 6.45) is 5.13. The number of nitrogens with one attached hydrogen (secondary N) is 1. The molecule has 1 fully saturated rings. The normalized spacial score (nSPS) is 28.4. The van der Waals surface area contributed by atoms with Gasteiger partial charge in [-0.05, 0) is 42.5 Å². The van der Waals surface area contributed by atoms with Crippen LogP contribution in [-0.4, -0.2) is 28.4 Å². The van der Waals surface area contributed by atoms with E-state index in [1.165, 1.54) is 16.0 Å². The first-order valence-electron chi connectivity index (χ1n) is 7.28. The maximum atomic E-state index is 13.3. The van der Waals surface area contributed by atoms with E-state index in [-0.39, 0.29) is 0 Å². The number of nitrogens with zero attached hydrogens (tertiary/aromatic N) is 1. The third-order valence-corrected chi connectivity index (χ3v) is 7.27. The summed E-state index contributed by atoms with van der Waals surface area (Å²) in [6.45, 7) is 2.93. The average molecular weight is 290 g/mol. The molecule has 108 valence electrons. The van der Waals surface area contributed by atoms with E-state index in [1.807, 2.05) is 11.4 Å². The molecule has 3 nitrogen and oxygen atoms in total. The van der Waals surface area contributed by atoms with Gasteiger partial charge in [0.05, 0.1) is 15.5 Å². The van der Waals surface area contributed by atoms with E-state index in [1.54, 1.807) is 0 Å². The summed E-state index contributed by atoms with van der Waals surface area (Å²) in [5.41, 5.74) is 3.58. The van der Waals surface area contributed by atoms with Gasteiger partial charge >= 0.3 is 0 Å². The third kappa shape index (κ3) is 2.33. The summed E-state index contributed by atoms with van der Waals surface area (Å²) in [6, 6.07) is 8.41. The molecule has 1 atom stereocenters. The largest absolute Gasteiger partial charge is 0.390 e. The van der Waals surface area contributed by atoms with Crippen molar-refractivity contribution < 1.29 is 4.21 Å².